The molecule has 0 spiro atoms. The van der Waals surface area contributed by atoms with Crippen molar-refractivity contribution in [3.05, 3.63) is 36.4 Å². The van der Waals surface area contributed by atoms with Gasteiger partial charge in [0.15, 0.2) is 0 Å². The molecule has 8 heteroatoms. The van der Waals surface area contributed by atoms with Crippen molar-refractivity contribution in [1.29, 1.82) is 0 Å². The molecule has 146 valence electrons. The molecule has 1 fully saturated rings. The van der Waals surface area contributed by atoms with Gasteiger partial charge in [-0.25, -0.2) is 17.9 Å². The maximum atomic E-state index is 13.0. The molecule has 3 N–H and O–H groups in total. The summed E-state index contributed by atoms with van der Waals surface area (Å²) in [5.74, 6) is -0.0297. The van der Waals surface area contributed by atoms with Crippen molar-refractivity contribution < 1.29 is 17.9 Å². The molecule has 2 aromatic rings. The number of benzene rings is 2. The topological polar surface area (TPSA) is 102 Å². The number of piperidine rings is 1. The van der Waals surface area contributed by atoms with Crippen LogP contribution in [-0.4, -0.2) is 45.1 Å². The van der Waals surface area contributed by atoms with Crippen LogP contribution < -0.4 is 10.5 Å². The van der Waals surface area contributed by atoms with Crippen LogP contribution in [0.5, 0.6) is 0 Å². The average Bonchev–Trinajstić information content (AvgIpc) is 2.63. The number of hydrogen-bond acceptors (Lipinski definition) is 5. The van der Waals surface area contributed by atoms with Crippen molar-refractivity contribution in [2.24, 2.45) is 5.92 Å². The molecular formula is C19H25N3O4S. The Hall–Kier alpha value is -2.32. The Morgan fingerprint density at radius 1 is 1.26 bits per heavy atom. The standard InChI is InChI=1S/C19H25N3O4S/c1-3-26-19(23)22-11-10-17(13(2)12-22)21-27(24,25)18-9-8-16(20)14-6-4-5-7-15(14)18/h4-9,13,17,21H,3,10-12,20H2,1-2H3/t13-,17-/m1/s1. The lowest BCUT2D eigenvalue weighted by Gasteiger charge is -2.36. The molecule has 1 aliphatic rings. The number of ether oxygens (including phenoxy) is 1. The van der Waals surface area contributed by atoms with Crippen LogP contribution >= 0.6 is 0 Å². The Bertz CT molecular complexity index is 945. The average molecular weight is 391 g/mol. The molecule has 0 aliphatic carbocycles. The number of nitrogens with two attached hydrogens (primary N) is 1. The van der Waals surface area contributed by atoms with Crippen molar-refractivity contribution in [1.82, 2.24) is 9.62 Å². The third kappa shape index (κ3) is 4.01. The van der Waals surface area contributed by atoms with Crippen LogP contribution in [0.25, 0.3) is 10.8 Å². The summed E-state index contributed by atoms with van der Waals surface area (Å²) >= 11 is 0. The Kier molecular flexibility index (Phi) is 5.57. The molecule has 0 aromatic heterocycles. The second kappa shape index (κ2) is 7.74. The molecular weight excluding hydrogens is 366 g/mol. The van der Waals surface area contributed by atoms with E-state index in [1.54, 1.807) is 36.1 Å². The number of fused-ring (bicyclic) bond motifs is 1. The largest absolute Gasteiger partial charge is 0.450 e. The van der Waals surface area contributed by atoms with Gasteiger partial charge in [0.1, 0.15) is 0 Å². The summed E-state index contributed by atoms with van der Waals surface area (Å²) in [6, 6.07) is 10.1. The van der Waals surface area contributed by atoms with Gasteiger partial charge in [-0.2, -0.15) is 0 Å². The number of rotatable bonds is 4. The van der Waals surface area contributed by atoms with E-state index in [4.69, 9.17) is 10.5 Å². The summed E-state index contributed by atoms with van der Waals surface area (Å²) in [5, 5.41) is 1.31. The fourth-order valence-electron chi connectivity index (χ4n) is 3.49. The molecule has 0 unspecified atom stereocenters. The van der Waals surface area contributed by atoms with Gasteiger partial charge in [-0.15, -0.1) is 0 Å². The van der Waals surface area contributed by atoms with Gasteiger partial charge in [0.25, 0.3) is 0 Å². The van der Waals surface area contributed by atoms with Crippen molar-refractivity contribution in [2.75, 3.05) is 25.4 Å². The first-order valence-electron chi connectivity index (χ1n) is 9.04. The molecule has 0 radical (unpaired) electrons. The number of carbonyl (C=O) groups is 1. The summed E-state index contributed by atoms with van der Waals surface area (Å²) in [7, 11) is -3.72. The highest BCUT2D eigenvalue weighted by molar-refractivity contribution is 7.89. The van der Waals surface area contributed by atoms with Gasteiger partial charge >= 0.3 is 6.09 Å². The zero-order valence-corrected chi connectivity index (χ0v) is 16.3. The smallest absolute Gasteiger partial charge is 0.409 e. The zero-order chi connectivity index (χ0) is 19.6. The molecule has 1 saturated heterocycles. The number of anilines is 1. The SMILES string of the molecule is CCOC(=O)N1CC[C@@H](NS(=O)(=O)c2ccc(N)c3ccccc23)[C@H](C)C1. The maximum absolute atomic E-state index is 13.0. The first-order chi connectivity index (χ1) is 12.8. The highest BCUT2D eigenvalue weighted by Gasteiger charge is 2.32. The molecule has 2 atom stereocenters. The number of sulfonamides is 1. The van der Waals surface area contributed by atoms with E-state index >= 15 is 0 Å². The summed E-state index contributed by atoms with van der Waals surface area (Å²) in [6.07, 6.45) is 0.182. The van der Waals surface area contributed by atoms with Crippen LogP contribution in [0.3, 0.4) is 0 Å². The quantitative estimate of drug-likeness (QED) is 0.780. The molecule has 2 aromatic carbocycles. The highest BCUT2D eigenvalue weighted by Crippen LogP contribution is 2.28. The van der Waals surface area contributed by atoms with Crippen molar-refractivity contribution >= 4 is 32.6 Å². The van der Waals surface area contributed by atoms with E-state index in [1.807, 2.05) is 19.1 Å². The molecule has 27 heavy (non-hydrogen) atoms. The fraction of sp³-hybridized carbons (Fsp3) is 0.421. The van der Waals surface area contributed by atoms with Crippen molar-refractivity contribution in [3.63, 3.8) is 0 Å². The summed E-state index contributed by atoms with van der Waals surface area (Å²) in [6.45, 7) is 4.93. The zero-order valence-electron chi connectivity index (χ0n) is 15.5. The first kappa shape index (κ1) is 19.4. The van der Waals surface area contributed by atoms with E-state index in [0.29, 0.717) is 42.6 Å². The van der Waals surface area contributed by atoms with Crippen LogP contribution in [0.1, 0.15) is 20.3 Å². The Morgan fingerprint density at radius 2 is 1.96 bits per heavy atom. The Balaban J connectivity index is 1.80. The number of nitrogens with zero attached hydrogens (tertiary/aromatic N) is 1. The minimum atomic E-state index is -3.72. The molecule has 3 rings (SSSR count). The van der Waals surface area contributed by atoms with Crippen LogP contribution in [0, 0.1) is 5.92 Å². The third-order valence-corrected chi connectivity index (χ3v) is 6.49. The van der Waals surface area contributed by atoms with Gasteiger partial charge in [0, 0.05) is 35.6 Å². The normalized spacial score (nSPS) is 20.6. The fourth-order valence-corrected chi connectivity index (χ4v) is 5.08. The van der Waals surface area contributed by atoms with E-state index in [9.17, 15) is 13.2 Å². The molecule has 1 amide bonds. The van der Waals surface area contributed by atoms with E-state index in [2.05, 4.69) is 4.72 Å². The number of nitrogens with one attached hydrogen (secondary N) is 1. The van der Waals surface area contributed by atoms with Crippen molar-refractivity contribution in [3.8, 4) is 0 Å². The van der Waals surface area contributed by atoms with E-state index in [-0.39, 0.29) is 22.9 Å². The summed E-state index contributed by atoms with van der Waals surface area (Å²) in [4.78, 5) is 13.7. The number of likely N-dealkylation sites (tertiary alicyclic amines) is 1. The van der Waals surface area contributed by atoms with Crippen LogP contribution in [0.15, 0.2) is 41.3 Å². The van der Waals surface area contributed by atoms with Gasteiger partial charge in [-0.1, -0.05) is 31.2 Å². The van der Waals surface area contributed by atoms with Gasteiger partial charge in [-0.3, -0.25) is 0 Å². The monoisotopic (exact) mass is 391 g/mol. The first-order valence-corrected chi connectivity index (χ1v) is 10.5. The van der Waals surface area contributed by atoms with Crippen molar-refractivity contribution in [2.45, 2.75) is 31.2 Å². The highest BCUT2D eigenvalue weighted by atomic mass is 32.2. The van der Waals surface area contributed by atoms with Crippen LogP contribution in [0.2, 0.25) is 0 Å². The lowest BCUT2D eigenvalue weighted by atomic mass is 9.95. The number of carbonyl (C=O) groups excluding carboxylic acids is 1. The number of hydrogen-bond donors (Lipinski definition) is 2. The molecule has 0 saturated carbocycles. The van der Waals surface area contributed by atoms with E-state index in [0.717, 1.165) is 0 Å². The van der Waals surface area contributed by atoms with E-state index < -0.39 is 10.0 Å². The Morgan fingerprint density at radius 3 is 2.63 bits per heavy atom. The van der Waals surface area contributed by atoms with Gasteiger partial charge in [0.2, 0.25) is 10.0 Å². The van der Waals surface area contributed by atoms with Crippen LogP contribution in [0.4, 0.5) is 10.5 Å². The predicted molar refractivity (Wildman–Crippen MR) is 105 cm³/mol. The molecule has 1 aliphatic heterocycles. The Labute approximate surface area is 159 Å². The van der Waals surface area contributed by atoms with Gasteiger partial charge in [-0.05, 0) is 31.4 Å². The molecule has 7 nitrogen and oxygen atoms in total. The second-order valence-corrected chi connectivity index (χ2v) is 8.52. The van der Waals surface area contributed by atoms with E-state index in [1.165, 1.54) is 0 Å². The lowest BCUT2D eigenvalue weighted by molar-refractivity contribution is 0.0846. The second-order valence-electron chi connectivity index (χ2n) is 6.84. The van der Waals surface area contributed by atoms with Gasteiger partial charge in [0.05, 0.1) is 11.5 Å². The third-order valence-electron chi connectivity index (χ3n) is 4.95. The summed E-state index contributed by atoms with van der Waals surface area (Å²) in [5.41, 5.74) is 6.52. The molecule has 0 bridgehead atoms. The summed E-state index contributed by atoms with van der Waals surface area (Å²) < 4.78 is 33.9. The number of nitrogen functional groups attached to an aromatic ring is 1. The minimum Gasteiger partial charge on any atom is -0.450 e. The molecule has 1 heterocycles. The lowest BCUT2D eigenvalue weighted by Crippen LogP contribution is -2.51. The van der Waals surface area contributed by atoms with Crippen LogP contribution in [-0.2, 0) is 14.8 Å². The van der Waals surface area contributed by atoms with Gasteiger partial charge < -0.3 is 15.4 Å². The maximum Gasteiger partial charge on any atom is 0.409 e. The number of amides is 1. The minimum absolute atomic E-state index is 0.0297. The predicted octanol–water partition coefficient (Wildman–Crippen LogP) is 2.57.